The topological polar surface area (TPSA) is 71.1 Å². The number of nitrogens with zero attached hydrogens (tertiary/aromatic N) is 3. The molecule has 4 rings (SSSR count). The van der Waals surface area contributed by atoms with Crippen molar-refractivity contribution in [2.75, 3.05) is 20.2 Å². The molecule has 1 unspecified atom stereocenters. The second-order valence-electron chi connectivity index (χ2n) is 7.27. The number of aromatic nitrogens is 3. The SMILES string of the molecule is COc1cc(C)ccc1CN1CCC(c2cc(=O)[nH]c(-c3ccccn3)n2)C1. The van der Waals surface area contributed by atoms with Crippen LogP contribution < -0.4 is 10.3 Å². The first kappa shape index (κ1) is 18.4. The molecule has 1 aliphatic heterocycles. The maximum atomic E-state index is 12.2. The van der Waals surface area contributed by atoms with Crippen molar-refractivity contribution in [2.24, 2.45) is 0 Å². The van der Waals surface area contributed by atoms with Gasteiger partial charge in [-0.3, -0.25) is 14.7 Å². The number of methoxy groups -OCH3 is 1. The number of rotatable bonds is 5. The van der Waals surface area contributed by atoms with E-state index in [9.17, 15) is 4.79 Å². The minimum Gasteiger partial charge on any atom is -0.496 e. The van der Waals surface area contributed by atoms with Crippen LogP contribution in [-0.2, 0) is 6.54 Å². The molecular formula is C22H24N4O2. The minimum absolute atomic E-state index is 0.135. The van der Waals surface area contributed by atoms with Crippen molar-refractivity contribution in [3.05, 3.63) is 75.8 Å². The van der Waals surface area contributed by atoms with Gasteiger partial charge in [0.2, 0.25) is 0 Å². The number of pyridine rings is 1. The highest BCUT2D eigenvalue weighted by Gasteiger charge is 2.26. The van der Waals surface area contributed by atoms with Crippen molar-refractivity contribution in [3.8, 4) is 17.3 Å². The third-order valence-corrected chi connectivity index (χ3v) is 5.20. The zero-order valence-corrected chi connectivity index (χ0v) is 16.2. The van der Waals surface area contributed by atoms with Crippen molar-refractivity contribution in [2.45, 2.75) is 25.8 Å². The molecular weight excluding hydrogens is 352 g/mol. The van der Waals surface area contributed by atoms with Crippen LogP contribution in [0.3, 0.4) is 0 Å². The molecule has 0 radical (unpaired) electrons. The Bertz CT molecular complexity index is 1020. The van der Waals surface area contributed by atoms with Crippen LogP contribution in [0.25, 0.3) is 11.5 Å². The molecule has 1 atom stereocenters. The Kier molecular flexibility index (Phi) is 5.21. The molecule has 0 amide bonds. The van der Waals surface area contributed by atoms with E-state index in [0.717, 1.165) is 37.5 Å². The second kappa shape index (κ2) is 7.94. The van der Waals surface area contributed by atoms with Crippen molar-refractivity contribution in [3.63, 3.8) is 0 Å². The van der Waals surface area contributed by atoms with Crippen molar-refractivity contribution in [1.29, 1.82) is 0 Å². The fourth-order valence-corrected chi connectivity index (χ4v) is 3.75. The Morgan fingerprint density at radius 3 is 2.93 bits per heavy atom. The first-order valence-corrected chi connectivity index (χ1v) is 9.51. The average Bonchev–Trinajstić information content (AvgIpc) is 3.18. The van der Waals surface area contributed by atoms with Gasteiger partial charge in [0.15, 0.2) is 5.82 Å². The van der Waals surface area contributed by atoms with Gasteiger partial charge in [0.05, 0.1) is 12.8 Å². The van der Waals surface area contributed by atoms with Gasteiger partial charge in [0.1, 0.15) is 11.4 Å². The maximum absolute atomic E-state index is 12.2. The van der Waals surface area contributed by atoms with Gasteiger partial charge in [-0.05, 0) is 43.7 Å². The Morgan fingerprint density at radius 1 is 1.25 bits per heavy atom. The number of H-pyrrole nitrogens is 1. The molecule has 0 aliphatic carbocycles. The monoisotopic (exact) mass is 376 g/mol. The van der Waals surface area contributed by atoms with Gasteiger partial charge in [0.25, 0.3) is 5.56 Å². The van der Waals surface area contributed by atoms with E-state index in [1.807, 2.05) is 18.2 Å². The predicted molar refractivity (Wildman–Crippen MR) is 108 cm³/mol. The highest BCUT2D eigenvalue weighted by molar-refractivity contribution is 5.48. The van der Waals surface area contributed by atoms with Crippen LogP contribution in [0.4, 0.5) is 0 Å². The number of hydrogen-bond acceptors (Lipinski definition) is 5. The van der Waals surface area contributed by atoms with Crippen molar-refractivity contribution < 1.29 is 4.74 Å². The Balaban J connectivity index is 1.52. The van der Waals surface area contributed by atoms with Gasteiger partial charge < -0.3 is 9.72 Å². The molecule has 1 N–H and O–H groups in total. The quantitative estimate of drug-likeness (QED) is 0.741. The van der Waals surface area contributed by atoms with Gasteiger partial charge in [-0.25, -0.2) is 4.98 Å². The number of aryl methyl sites for hydroxylation is 1. The number of benzene rings is 1. The summed E-state index contributed by atoms with van der Waals surface area (Å²) < 4.78 is 5.54. The van der Waals surface area contributed by atoms with E-state index in [1.54, 1.807) is 19.4 Å². The Labute approximate surface area is 164 Å². The van der Waals surface area contributed by atoms with Crippen LogP contribution in [0.15, 0.2) is 53.5 Å². The number of ether oxygens (including phenoxy) is 1. The van der Waals surface area contributed by atoms with Crippen LogP contribution in [0.1, 0.15) is 29.2 Å². The molecule has 6 nitrogen and oxygen atoms in total. The third-order valence-electron chi connectivity index (χ3n) is 5.20. The zero-order chi connectivity index (χ0) is 19.5. The van der Waals surface area contributed by atoms with E-state index >= 15 is 0 Å². The molecule has 1 saturated heterocycles. The fourth-order valence-electron chi connectivity index (χ4n) is 3.75. The summed E-state index contributed by atoms with van der Waals surface area (Å²) >= 11 is 0. The Morgan fingerprint density at radius 2 is 2.14 bits per heavy atom. The highest BCUT2D eigenvalue weighted by Crippen LogP contribution is 2.29. The number of nitrogens with one attached hydrogen (secondary N) is 1. The summed E-state index contributed by atoms with van der Waals surface area (Å²) in [4.78, 5) is 26.4. The van der Waals surface area contributed by atoms with Gasteiger partial charge in [0, 0.05) is 36.8 Å². The maximum Gasteiger partial charge on any atom is 0.251 e. The lowest BCUT2D eigenvalue weighted by atomic mass is 10.0. The molecule has 1 fully saturated rings. The van der Waals surface area contributed by atoms with Crippen LogP contribution >= 0.6 is 0 Å². The summed E-state index contributed by atoms with van der Waals surface area (Å²) in [5.74, 6) is 1.69. The summed E-state index contributed by atoms with van der Waals surface area (Å²) in [6, 6.07) is 13.5. The van der Waals surface area contributed by atoms with E-state index in [1.165, 1.54) is 11.1 Å². The smallest absolute Gasteiger partial charge is 0.251 e. The molecule has 1 aromatic carbocycles. The van der Waals surface area contributed by atoms with E-state index in [-0.39, 0.29) is 11.5 Å². The van der Waals surface area contributed by atoms with Gasteiger partial charge >= 0.3 is 0 Å². The predicted octanol–water partition coefficient (Wildman–Crippen LogP) is 3.14. The standard InChI is InChI=1S/C22H24N4O2/c1-15-6-7-17(20(11-15)28-2)14-26-10-8-16(13-26)19-12-21(27)25-22(24-19)18-5-3-4-9-23-18/h3-7,9,11-12,16H,8,10,13-14H2,1-2H3,(H,24,25,27). The molecule has 0 saturated carbocycles. The summed E-state index contributed by atoms with van der Waals surface area (Å²) in [5.41, 5.74) is 3.75. The van der Waals surface area contributed by atoms with E-state index < -0.39 is 0 Å². The van der Waals surface area contributed by atoms with E-state index in [0.29, 0.717) is 11.5 Å². The molecule has 3 aromatic rings. The number of hydrogen-bond donors (Lipinski definition) is 1. The second-order valence-corrected chi connectivity index (χ2v) is 7.27. The van der Waals surface area contributed by atoms with Crippen LogP contribution in [0.2, 0.25) is 0 Å². The van der Waals surface area contributed by atoms with Crippen LogP contribution in [-0.4, -0.2) is 40.1 Å². The first-order chi connectivity index (χ1) is 13.6. The molecule has 3 heterocycles. The van der Waals surface area contributed by atoms with E-state index in [2.05, 4.69) is 40.0 Å². The molecule has 6 heteroatoms. The summed E-state index contributed by atoms with van der Waals surface area (Å²) in [6.45, 7) is 4.73. The number of likely N-dealkylation sites (tertiary alicyclic amines) is 1. The average molecular weight is 376 g/mol. The molecule has 28 heavy (non-hydrogen) atoms. The lowest BCUT2D eigenvalue weighted by Gasteiger charge is -2.18. The lowest BCUT2D eigenvalue weighted by molar-refractivity contribution is 0.316. The summed E-state index contributed by atoms with van der Waals surface area (Å²) in [5, 5.41) is 0. The first-order valence-electron chi connectivity index (χ1n) is 9.51. The fraction of sp³-hybridized carbons (Fsp3) is 0.318. The largest absolute Gasteiger partial charge is 0.496 e. The van der Waals surface area contributed by atoms with Crippen LogP contribution in [0, 0.1) is 6.92 Å². The normalized spacial score (nSPS) is 17.0. The molecule has 144 valence electrons. The van der Waals surface area contributed by atoms with Crippen LogP contribution in [0.5, 0.6) is 5.75 Å². The number of aromatic amines is 1. The van der Waals surface area contributed by atoms with Gasteiger partial charge in [-0.1, -0.05) is 18.2 Å². The Hall–Kier alpha value is -2.99. The highest BCUT2D eigenvalue weighted by atomic mass is 16.5. The third kappa shape index (κ3) is 3.97. The van der Waals surface area contributed by atoms with Crippen molar-refractivity contribution in [1.82, 2.24) is 19.9 Å². The zero-order valence-electron chi connectivity index (χ0n) is 16.2. The van der Waals surface area contributed by atoms with Crippen molar-refractivity contribution >= 4 is 0 Å². The molecule has 1 aliphatic rings. The van der Waals surface area contributed by atoms with Gasteiger partial charge in [-0.2, -0.15) is 0 Å². The minimum atomic E-state index is -0.135. The summed E-state index contributed by atoms with van der Waals surface area (Å²) in [7, 11) is 1.71. The lowest BCUT2D eigenvalue weighted by Crippen LogP contribution is -2.21. The molecule has 0 spiro atoms. The van der Waals surface area contributed by atoms with Gasteiger partial charge in [-0.15, -0.1) is 0 Å². The molecule has 2 aromatic heterocycles. The summed E-state index contributed by atoms with van der Waals surface area (Å²) in [6.07, 6.45) is 2.68. The van der Waals surface area contributed by atoms with E-state index in [4.69, 9.17) is 9.72 Å². The molecule has 0 bridgehead atoms.